The summed E-state index contributed by atoms with van der Waals surface area (Å²) in [5.74, 6) is 0.248. The number of halogens is 1. The highest BCUT2D eigenvalue weighted by Gasteiger charge is 2.25. The highest BCUT2D eigenvalue weighted by molar-refractivity contribution is 6.30. The van der Waals surface area contributed by atoms with E-state index in [2.05, 4.69) is 51.5 Å². The van der Waals surface area contributed by atoms with E-state index in [4.69, 9.17) is 11.6 Å². The minimum Gasteiger partial charge on any atom is -0.352 e. The van der Waals surface area contributed by atoms with Gasteiger partial charge >= 0.3 is 0 Å². The van der Waals surface area contributed by atoms with Crippen molar-refractivity contribution in [3.8, 4) is 0 Å². The van der Waals surface area contributed by atoms with Gasteiger partial charge in [-0.15, -0.1) is 0 Å². The molecular formula is C25H32ClN3O. The van der Waals surface area contributed by atoms with E-state index in [9.17, 15) is 4.79 Å². The Balaban J connectivity index is 1.23. The molecule has 0 aromatic heterocycles. The van der Waals surface area contributed by atoms with Gasteiger partial charge in [0.2, 0.25) is 5.91 Å². The van der Waals surface area contributed by atoms with Crippen molar-refractivity contribution < 1.29 is 4.79 Å². The van der Waals surface area contributed by atoms with E-state index in [0.717, 1.165) is 44.0 Å². The monoisotopic (exact) mass is 425 g/mol. The lowest BCUT2D eigenvalue weighted by molar-refractivity contribution is -0.126. The molecule has 2 aliphatic heterocycles. The van der Waals surface area contributed by atoms with Crippen LogP contribution in [0.2, 0.25) is 5.02 Å². The van der Waals surface area contributed by atoms with E-state index in [0.29, 0.717) is 6.54 Å². The minimum absolute atomic E-state index is 0.0699. The van der Waals surface area contributed by atoms with Crippen molar-refractivity contribution in [1.82, 2.24) is 15.1 Å². The van der Waals surface area contributed by atoms with Crippen LogP contribution in [0.3, 0.4) is 0 Å². The molecule has 5 heteroatoms. The van der Waals surface area contributed by atoms with Gasteiger partial charge in [-0.3, -0.25) is 14.6 Å². The number of nitrogens with one attached hydrogen (secondary N) is 1. The Kier molecular flexibility index (Phi) is 7.42. The summed E-state index contributed by atoms with van der Waals surface area (Å²) >= 11 is 5.98. The summed E-state index contributed by atoms with van der Waals surface area (Å²) in [6.07, 6.45) is 4.68. The van der Waals surface area contributed by atoms with E-state index in [-0.39, 0.29) is 11.8 Å². The Morgan fingerprint density at radius 2 is 1.40 bits per heavy atom. The predicted molar refractivity (Wildman–Crippen MR) is 122 cm³/mol. The van der Waals surface area contributed by atoms with E-state index in [1.807, 2.05) is 12.1 Å². The Hall–Kier alpha value is -1.88. The number of benzene rings is 2. The molecule has 0 aliphatic carbocycles. The standard InChI is InChI=1S/C25H32ClN3O/c26-24-11-9-22(10-12-24)18-29-15-3-4-23(19-29)25(30)27-16-20-5-7-21(8-6-20)17-28-13-1-2-14-28/h5-12,23H,1-4,13-19H2,(H,27,30). The molecule has 2 saturated heterocycles. The first-order valence-electron chi connectivity index (χ1n) is 11.2. The van der Waals surface area contributed by atoms with Crippen LogP contribution in [0.25, 0.3) is 0 Å². The third-order valence-corrected chi connectivity index (χ3v) is 6.54. The van der Waals surface area contributed by atoms with Crippen LogP contribution in [-0.2, 0) is 24.4 Å². The van der Waals surface area contributed by atoms with Crippen LogP contribution in [0.15, 0.2) is 48.5 Å². The first-order chi connectivity index (χ1) is 14.7. The van der Waals surface area contributed by atoms with Crippen LogP contribution in [0, 0.1) is 5.92 Å². The fourth-order valence-electron chi connectivity index (χ4n) is 4.56. The molecule has 0 radical (unpaired) electrons. The lowest BCUT2D eigenvalue weighted by Crippen LogP contribution is -2.42. The van der Waals surface area contributed by atoms with E-state index in [1.165, 1.54) is 42.6 Å². The predicted octanol–water partition coefficient (Wildman–Crippen LogP) is 4.46. The number of hydrogen-bond acceptors (Lipinski definition) is 3. The second kappa shape index (κ2) is 10.4. The van der Waals surface area contributed by atoms with E-state index in [1.54, 1.807) is 0 Å². The quantitative estimate of drug-likeness (QED) is 0.711. The van der Waals surface area contributed by atoms with Crippen LogP contribution in [0.1, 0.15) is 42.4 Å². The molecule has 0 spiro atoms. The maximum absolute atomic E-state index is 12.7. The molecule has 30 heavy (non-hydrogen) atoms. The molecule has 4 nitrogen and oxygen atoms in total. The highest BCUT2D eigenvalue weighted by atomic mass is 35.5. The lowest BCUT2D eigenvalue weighted by atomic mass is 9.96. The van der Waals surface area contributed by atoms with Crippen molar-refractivity contribution in [3.05, 3.63) is 70.2 Å². The Morgan fingerprint density at radius 1 is 0.833 bits per heavy atom. The molecule has 0 saturated carbocycles. The molecule has 0 bridgehead atoms. The fraction of sp³-hybridized carbons (Fsp3) is 0.480. The first kappa shape index (κ1) is 21.4. The third-order valence-electron chi connectivity index (χ3n) is 6.29. The lowest BCUT2D eigenvalue weighted by Gasteiger charge is -2.32. The number of piperidine rings is 1. The molecule has 1 amide bonds. The zero-order valence-corrected chi connectivity index (χ0v) is 18.4. The number of hydrogen-bond donors (Lipinski definition) is 1. The van der Waals surface area contributed by atoms with Crippen LogP contribution >= 0.6 is 11.6 Å². The number of carbonyl (C=O) groups excluding carboxylic acids is 1. The smallest absolute Gasteiger partial charge is 0.224 e. The van der Waals surface area contributed by atoms with Gasteiger partial charge in [0.15, 0.2) is 0 Å². The average molecular weight is 426 g/mol. The molecule has 1 atom stereocenters. The molecule has 1 unspecified atom stereocenters. The van der Waals surface area contributed by atoms with Crippen LogP contribution in [0.5, 0.6) is 0 Å². The zero-order valence-electron chi connectivity index (χ0n) is 17.7. The topological polar surface area (TPSA) is 35.6 Å². The highest BCUT2D eigenvalue weighted by Crippen LogP contribution is 2.20. The third kappa shape index (κ3) is 6.07. The van der Waals surface area contributed by atoms with Gasteiger partial charge in [0.1, 0.15) is 0 Å². The Labute approximate surface area is 185 Å². The second-order valence-electron chi connectivity index (χ2n) is 8.72. The van der Waals surface area contributed by atoms with Crippen molar-refractivity contribution in [3.63, 3.8) is 0 Å². The van der Waals surface area contributed by atoms with Gasteiger partial charge in [-0.2, -0.15) is 0 Å². The van der Waals surface area contributed by atoms with Crippen molar-refractivity contribution in [2.45, 2.75) is 45.3 Å². The summed E-state index contributed by atoms with van der Waals surface area (Å²) in [4.78, 5) is 17.6. The summed E-state index contributed by atoms with van der Waals surface area (Å²) in [5, 5.41) is 3.92. The Morgan fingerprint density at radius 3 is 2.10 bits per heavy atom. The maximum atomic E-state index is 12.7. The summed E-state index contributed by atoms with van der Waals surface area (Å²) < 4.78 is 0. The molecule has 160 valence electrons. The second-order valence-corrected chi connectivity index (χ2v) is 9.15. The molecule has 2 heterocycles. The zero-order chi connectivity index (χ0) is 20.8. The molecule has 2 aromatic rings. The van der Waals surface area contributed by atoms with E-state index < -0.39 is 0 Å². The number of likely N-dealkylation sites (tertiary alicyclic amines) is 2. The summed E-state index contributed by atoms with van der Waals surface area (Å²) in [5.41, 5.74) is 3.77. The van der Waals surface area contributed by atoms with Crippen molar-refractivity contribution >= 4 is 17.5 Å². The van der Waals surface area contributed by atoms with Gasteiger partial charge in [0.05, 0.1) is 5.92 Å². The number of nitrogens with zero attached hydrogens (tertiary/aromatic N) is 2. The van der Waals surface area contributed by atoms with Gasteiger partial charge in [-0.05, 0) is 74.1 Å². The van der Waals surface area contributed by atoms with Crippen LogP contribution in [-0.4, -0.2) is 41.9 Å². The van der Waals surface area contributed by atoms with Crippen molar-refractivity contribution in [1.29, 1.82) is 0 Å². The first-order valence-corrected chi connectivity index (χ1v) is 11.6. The number of rotatable bonds is 7. The summed E-state index contributed by atoms with van der Waals surface area (Å²) in [6, 6.07) is 16.7. The van der Waals surface area contributed by atoms with Gasteiger partial charge in [-0.1, -0.05) is 48.0 Å². The van der Waals surface area contributed by atoms with Crippen LogP contribution < -0.4 is 5.32 Å². The van der Waals surface area contributed by atoms with Crippen molar-refractivity contribution in [2.75, 3.05) is 26.2 Å². The Bertz CT molecular complexity index is 815. The molecule has 4 rings (SSSR count). The molecule has 2 aromatic carbocycles. The number of carbonyl (C=O) groups is 1. The van der Waals surface area contributed by atoms with Crippen molar-refractivity contribution in [2.24, 2.45) is 5.92 Å². The van der Waals surface area contributed by atoms with Gasteiger partial charge in [-0.25, -0.2) is 0 Å². The van der Waals surface area contributed by atoms with E-state index >= 15 is 0 Å². The molecule has 1 N–H and O–H groups in total. The normalized spacial score (nSPS) is 20.4. The number of amides is 1. The molecule has 2 aliphatic rings. The largest absolute Gasteiger partial charge is 0.352 e. The molecule has 2 fully saturated rings. The SMILES string of the molecule is O=C(NCc1ccc(CN2CCCC2)cc1)C1CCCN(Cc2ccc(Cl)cc2)C1. The summed E-state index contributed by atoms with van der Waals surface area (Å²) in [6.45, 7) is 6.82. The van der Waals surface area contributed by atoms with Gasteiger partial charge < -0.3 is 5.32 Å². The fourth-order valence-corrected chi connectivity index (χ4v) is 4.68. The van der Waals surface area contributed by atoms with Gasteiger partial charge in [0, 0.05) is 31.2 Å². The van der Waals surface area contributed by atoms with Gasteiger partial charge in [0.25, 0.3) is 0 Å². The minimum atomic E-state index is 0.0699. The van der Waals surface area contributed by atoms with Crippen LogP contribution in [0.4, 0.5) is 0 Å². The molecular weight excluding hydrogens is 394 g/mol. The maximum Gasteiger partial charge on any atom is 0.224 e. The summed E-state index contributed by atoms with van der Waals surface area (Å²) in [7, 11) is 0. The average Bonchev–Trinajstić information content (AvgIpc) is 3.28.